The Balaban J connectivity index is 2.20. The first-order valence-electron chi connectivity index (χ1n) is 6.09. The molecule has 0 fully saturated rings. The zero-order valence-electron chi connectivity index (χ0n) is 10.9. The highest BCUT2D eigenvalue weighted by molar-refractivity contribution is 9.10. The van der Waals surface area contributed by atoms with Crippen molar-refractivity contribution >= 4 is 27.5 Å². The van der Waals surface area contributed by atoms with Gasteiger partial charge in [-0.15, -0.1) is 0 Å². The first-order chi connectivity index (χ1) is 9.49. The van der Waals surface area contributed by atoms with E-state index < -0.39 is 6.04 Å². The van der Waals surface area contributed by atoms with Crippen molar-refractivity contribution in [3.8, 4) is 0 Å². The van der Waals surface area contributed by atoms with Crippen molar-refractivity contribution in [3.63, 3.8) is 0 Å². The number of rotatable bonds is 3. The Labute approximate surface area is 125 Å². The predicted molar refractivity (Wildman–Crippen MR) is 80.8 cm³/mol. The van der Waals surface area contributed by atoms with Crippen molar-refractivity contribution in [2.24, 2.45) is 0 Å². The van der Waals surface area contributed by atoms with Gasteiger partial charge in [0.05, 0.1) is 11.6 Å². The molecule has 1 atom stereocenters. The molecule has 0 unspecified atom stereocenters. The molecule has 0 aliphatic heterocycles. The van der Waals surface area contributed by atoms with Gasteiger partial charge in [-0.1, -0.05) is 34.1 Å². The molecule has 0 saturated carbocycles. The van der Waals surface area contributed by atoms with E-state index in [1.165, 1.54) is 6.07 Å². The minimum Gasteiger partial charge on any atom is -0.398 e. The van der Waals surface area contributed by atoms with Crippen molar-refractivity contribution in [3.05, 3.63) is 63.9 Å². The Morgan fingerprint density at radius 2 is 2.00 bits per heavy atom. The Morgan fingerprint density at radius 1 is 1.30 bits per heavy atom. The molecule has 20 heavy (non-hydrogen) atoms. The van der Waals surface area contributed by atoms with Gasteiger partial charge in [0.2, 0.25) is 0 Å². The van der Waals surface area contributed by atoms with Crippen LogP contribution in [-0.4, -0.2) is 5.91 Å². The van der Waals surface area contributed by atoms with E-state index in [2.05, 4.69) is 21.2 Å². The van der Waals surface area contributed by atoms with E-state index in [9.17, 15) is 9.18 Å². The van der Waals surface area contributed by atoms with Crippen LogP contribution >= 0.6 is 15.9 Å². The fraction of sp³-hybridized carbons (Fsp3) is 0.133. The van der Waals surface area contributed by atoms with E-state index in [0.717, 1.165) is 4.47 Å². The molecule has 5 heteroatoms. The molecule has 2 aromatic rings. The Kier molecular flexibility index (Phi) is 4.39. The van der Waals surface area contributed by atoms with Crippen molar-refractivity contribution in [1.29, 1.82) is 0 Å². The molecular weight excluding hydrogens is 323 g/mol. The third-order valence-electron chi connectivity index (χ3n) is 2.98. The summed E-state index contributed by atoms with van der Waals surface area (Å²) in [5.41, 5.74) is 6.96. The summed E-state index contributed by atoms with van der Waals surface area (Å²) in [5.74, 6) is -0.679. The van der Waals surface area contributed by atoms with Gasteiger partial charge >= 0.3 is 0 Å². The lowest BCUT2D eigenvalue weighted by molar-refractivity contribution is 0.0940. The SMILES string of the molecule is C[C@@H](NC(=O)c1cc(Br)ccc1N)c1ccccc1F. The summed E-state index contributed by atoms with van der Waals surface area (Å²) in [5, 5.41) is 2.74. The number of halogens is 2. The number of carbonyl (C=O) groups excluding carboxylic acids is 1. The fourth-order valence-corrected chi connectivity index (χ4v) is 2.26. The summed E-state index contributed by atoms with van der Waals surface area (Å²) >= 11 is 3.29. The minimum absolute atomic E-state index is 0.334. The molecule has 0 radical (unpaired) electrons. The van der Waals surface area contributed by atoms with Gasteiger partial charge in [0.25, 0.3) is 5.91 Å². The maximum Gasteiger partial charge on any atom is 0.253 e. The van der Waals surface area contributed by atoms with Gasteiger partial charge in [-0.2, -0.15) is 0 Å². The van der Waals surface area contributed by atoms with Crippen LogP contribution in [0.5, 0.6) is 0 Å². The van der Waals surface area contributed by atoms with Crippen LogP contribution in [0.3, 0.4) is 0 Å². The highest BCUT2D eigenvalue weighted by atomic mass is 79.9. The molecule has 0 aliphatic carbocycles. The minimum atomic E-state index is -0.443. The average Bonchev–Trinajstić information content (AvgIpc) is 2.41. The van der Waals surface area contributed by atoms with E-state index >= 15 is 0 Å². The van der Waals surface area contributed by atoms with Gasteiger partial charge in [0, 0.05) is 15.7 Å². The lowest BCUT2D eigenvalue weighted by atomic mass is 10.1. The Hall–Kier alpha value is -1.88. The third kappa shape index (κ3) is 3.17. The van der Waals surface area contributed by atoms with Gasteiger partial charge in [0.15, 0.2) is 0 Å². The number of amides is 1. The number of hydrogen-bond acceptors (Lipinski definition) is 2. The van der Waals surface area contributed by atoms with Gasteiger partial charge in [-0.3, -0.25) is 4.79 Å². The molecule has 0 aromatic heterocycles. The van der Waals surface area contributed by atoms with Crippen molar-refractivity contribution in [1.82, 2.24) is 5.32 Å². The van der Waals surface area contributed by atoms with Crippen molar-refractivity contribution < 1.29 is 9.18 Å². The van der Waals surface area contributed by atoms with Crippen LogP contribution < -0.4 is 11.1 Å². The second kappa shape index (κ2) is 6.05. The van der Waals surface area contributed by atoms with Crippen LogP contribution in [0.1, 0.15) is 28.9 Å². The van der Waals surface area contributed by atoms with Crippen molar-refractivity contribution in [2.75, 3.05) is 5.73 Å². The van der Waals surface area contributed by atoms with Gasteiger partial charge in [-0.25, -0.2) is 4.39 Å². The fourth-order valence-electron chi connectivity index (χ4n) is 1.90. The molecule has 3 nitrogen and oxygen atoms in total. The van der Waals surface area contributed by atoms with Crippen LogP contribution in [0.25, 0.3) is 0 Å². The summed E-state index contributed by atoms with van der Waals surface area (Å²) in [6, 6.07) is 10.9. The summed E-state index contributed by atoms with van der Waals surface area (Å²) in [6.07, 6.45) is 0. The molecular formula is C15H14BrFN2O. The Morgan fingerprint density at radius 3 is 2.70 bits per heavy atom. The lowest BCUT2D eigenvalue weighted by Crippen LogP contribution is -2.28. The van der Waals surface area contributed by atoms with Crippen LogP contribution in [0.2, 0.25) is 0 Å². The summed E-state index contributed by atoms with van der Waals surface area (Å²) in [6.45, 7) is 1.73. The van der Waals surface area contributed by atoms with E-state index in [0.29, 0.717) is 16.8 Å². The molecule has 2 aromatic carbocycles. The smallest absolute Gasteiger partial charge is 0.253 e. The largest absolute Gasteiger partial charge is 0.398 e. The number of nitrogen functional groups attached to an aromatic ring is 1. The lowest BCUT2D eigenvalue weighted by Gasteiger charge is -2.16. The number of nitrogens with one attached hydrogen (secondary N) is 1. The highest BCUT2D eigenvalue weighted by Crippen LogP contribution is 2.21. The Bertz CT molecular complexity index is 646. The number of benzene rings is 2. The molecule has 0 spiro atoms. The summed E-state index contributed by atoms with van der Waals surface area (Å²) < 4.78 is 14.4. The van der Waals surface area contributed by atoms with E-state index in [-0.39, 0.29) is 11.7 Å². The number of anilines is 1. The standard InChI is InChI=1S/C15H14BrFN2O/c1-9(11-4-2-3-5-13(11)17)19-15(20)12-8-10(16)6-7-14(12)18/h2-9H,18H2,1H3,(H,19,20)/t9-/m1/s1. The van der Waals surface area contributed by atoms with E-state index in [1.807, 2.05) is 0 Å². The predicted octanol–water partition coefficient (Wildman–Crippen LogP) is 3.66. The topological polar surface area (TPSA) is 55.1 Å². The molecule has 0 saturated heterocycles. The molecule has 104 valence electrons. The zero-order chi connectivity index (χ0) is 14.7. The first kappa shape index (κ1) is 14.5. The maximum atomic E-state index is 13.7. The van der Waals surface area contributed by atoms with Crippen molar-refractivity contribution in [2.45, 2.75) is 13.0 Å². The maximum absolute atomic E-state index is 13.7. The molecule has 0 bridgehead atoms. The number of hydrogen-bond donors (Lipinski definition) is 2. The highest BCUT2D eigenvalue weighted by Gasteiger charge is 2.16. The molecule has 3 N–H and O–H groups in total. The quantitative estimate of drug-likeness (QED) is 0.840. The van der Waals surface area contributed by atoms with Crippen LogP contribution in [0, 0.1) is 5.82 Å². The summed E-state index contributed by atoms with van der Waals surface area (Å²) in [7, 11) is 0. The van der Waals surface area contributed by atoms with Crippen LogP contribution in [-0.2, 0) is 0 Å². The number of nitrogens with two attached hydrogens (primary N) is 1. The zero-order valence-corrected chi connectivity index (χ0v) is 12.4. The van der Waals surface area contributed by atoms with Crippen LogP contribution in [0.4, 0.5) is 10.1 Å². The first-order valence-corrected chi connectivity index (χ1v) is 6.88. The monoisotopic (exact) mass is 336 g/mol. The van der Waals surface area contributed by atoms with E-state index in [1.54, 1.807) is 43.3 Å². The normalized spacial score (nSPS) is 11.9. The second-order valence-corrected chi connectivity index (χ2v) is 5.36. The molecule has 0 heterocycles. The summed E-state index contributed by atoms with van der Waals surface area (Å²) in [4.78, 5) is 12.2. The molecule has 0 aliphatic rings. The van der Waals surface area contributed by atoms with E-state index in [4.69, 9.17) is 5.73 Å². The van der Waals surface area contributed by atoms with Gasteiger partial charge < -0.3 is 11.1 Å². The molecule has 2 rings (SSSR count). The van der Waals surface area contributed by atoms with Crippen LogP contribution in [0.15, 0.2) is 46.9 Å². The van der Waals surface area contributed by atoms with Gasteiger partial charge in [0.1, 0.15) is 5.82 Å². The second-order valence-electron chi connectivity index (χ2n) is 4.45. The molecule has 1 amide bonds. The average molecular weight is 337 g/mol. The van der Waals surface area contributed by atoms with Gasteiger partial charge in [-0.05, 0) is 31.2 Å². The third-order valence-corrected chi connectivity index (χ3v) is 3.47. The number of carbonyl (C=O) groups is 1.